The summed E-state index contributed by atoms with van der Waals surface area (Å²) in [6.07, 6.45) is 1.33. The fourth-order valence-electron chi connectivity index (χ4n) is 3.89. The van der Waals surface area contributed by atoms with Crippen molar-refractivity contribution in [2.75, 3.05) is 7.11 Å². The Morgan fingerprint density at radius 3 is 1.89 bits per heavy atom. The zero-order chi connectivity index (χ0) is 13.8. The van der Waals surface area contributed by atoms with Crippen molar-refractivity contribution in [3.8, 4) is 0 Å². The molecule has 1 N–H and O–H groups in total. The zero-order valence-corrected chi connectivity index (χ0v) is 11.3. The van der Waals surface area contributed by atoms with Gasteiger partial charge in [-0.05, 0) is 26.2 Å². The number of imide groups is 1. The van der Waals surface area contributed by atoms with E-state index in [-0.39, 0.29) is 17.8 Å². The third-order valence-electron chi connectivity index (χ3n) is 4.34. The normalized spacial score (nSPS) is 43.3. The minimum atomic E-state index is -0.774. The molecule has 2 atom stereocenters. The van der Waals surface area contributed by atoms with Gasteiger partial charge in [0.05, 0.1) is 12.5 Å². The number of carbonyl (C=O) groups excluding carboxylic acids is 3. The highest BCUT2D eigenvalue weighted by Crippen LogP contribution is 2.56. The molecule has 1 aliphatic heterocycles. The Labute approximate surface area is 106 Å². The van der Waals surface area contributed by atoms with Gasteiger partial charge in [0.25, 0.3) is 0 Å². The Morgan fingerprint density at radius 1 is 1.06 bits per heavy atom. The minimum Gasteiger partial charge on any atom is -0.469 e. The number of amides is 2. The van der Waals surface area contributed by atoms with Gasteiger partial charge in [0.1, 0.15) is 0 Å². The first-order chi connectivity index (χ1) is 8.15. The molecule has 2 rings (SSSR count). The van der Waals surface area contributed by atoms with Crippen molar-refractivity contribution in [1.82, 2.24) is 5.32 Å². The maximum atomic E-state index is 12.0. The fraction of sp³-hybridized carbons (Fsp3) is 0.769. The molecule has 1 saturated heterocycles. The van der Waals surface area contributed by atoms with Crippen molar-refractivity contribution >= 4 is 17.8 Å². The van der Waals surface area contributed by atoms with Gasteiger partial charge in [0.2, 0.25) is 11.8 Å². The van der Waals surface area contributed by atoms with Crippen molar-refractivity contribution in [2.24, 2.45) is 16.2 Å². The number of hydrogen-bond acceptors (Lipinski definition) is 4. The predicted molar refractivity (Wildman–Crippen MR) is 63.3 cm³/mol. The minimum absolute atomic E-state index is 0.278. The molecule has 1 aliphatic carbocycles. The Hall–Kier alpha value is -1.39. The second kappa shape index (κ2) is 3.56. The van der Waals surface area contributed by atoms with Crippen LogP contribution in [0.4, 0.5) is 0 Å². The van der Waals surface area contributed by atoms with Crippen LogP contribution in [0, 0.1) is 16.2 Å². The van der Waals surface area contributed by atoms with E-state index in [9.17, 15) is 14.4 Å². The lowest BCUT2D eigenvalue weighted by atomic mass is 9.52. The van der Waals surface area contributed by atoms with Gasteiger partial charge in [-0.1, -0.05) is 13.8 Å². The van der Waals surface area contributed by atoms with Gasteiger partial charge in [-0.3, -0.25) is 19.7 Å². The highest BCUT2D eigenvalue weighted by molar-refractivity contribution is 6.04. The van der Waals surface area contributed by atoms with Gasteiger partial charge in [-0.15, -0.1) is 0 Å². The van der Waals surface area contributed by atoms with E-state index in [1.54, 1.807) is 6.92 Å². The van der Waals surface area contributed by atoms with Crippen molar-refractivity contribution in [3.63, 3.8) is 0 Å². The van der Waals surface area contributed by atoms with Crippen molar-refractivity contribution in [2.45, 2.75) is 40.0 Å². The Bertz CT molecular complexity index is 416. The first kappa shape index (κ1) is 13.1. The molecular formula is C13H19NO4. The van der Waals surface area contributed by atoms with Crippen LogP contribution in [0.3, 0.4) is 0 Å². The summed E-state index contributed by atoms with van der Waals surface area (Å²) in [5.74, 6) is -0.901. The highest BCUT2D eigenvalue weighted by atomic mass is 16.5. The molecule has 1 heterocycles. The molecule has 0 aromatic carbocycles. The standard InChI is InChI=1S/C13H19NO4/c1-11-5-12(2,9(16)14-8(11)15)7-13(3,6-11)10(17)18-4/h5-7H2,1-4H3,(H,14,15,16). The van der Waals surface area contributed by atoms with Gasteiger partial charge in [0.15, 0.2) is 0 Å². The van der Waals surface area contributed by atoms with Crippen LogP contribution in [0.2, 0.25) is 0 Å². The molecule has 1 saturated carbocycles. The van der Waals surface area contributed by atoms with Crippen LogP contribution >= 0.6 is 0 Å². The second-order valence-electron chi connectivity index (χ2n) is 6.49. The Balaban J connectivity index is 2.45. The lowest BCUT2D eigenvalue weighted by Gasteiger charge is -2.52. The van der Waals surface area contributed by atoms with E-state index in [0.29, 0.717) is 19.3 Å². The van der Waals surface area contributed by atoms with Crippen LogP contribution in [0.15, 0.2) is 0 Å². The van der Waals surface area contributed by atoms with E-state index in [0.717, 1.165) is 0 Å². The molecule has 0 aromatic heterocycles. The van der Waals surface area contributed by atoms with E-state index in [2.05, 4.69) is 5.32 Å². The molecular weight excluding hydrogens is 234 g/mol. The quantitative estimate of drug-likeness (QED) is 0.559. The molecule has 2 fully saturated rings. The maximum Gasteiger partial charge on any atom is 0.311 e. The first-order valence-corrected chi connectivity index (χ1v) is 6.10. The molecule has 5 nitrogen and oxygen atoms in total. The Morgan fingerprint density at radius 2 is 1.50 bits per heavy atom. The number of methoxy groups -OCH3 is 1. The molecule has 5 heteroatoms. The lowest BCUT2D eigenvalue weighted by molar-refractivity contribution is -0.172. The largest absolute Gasteiger partial charge is 0.469 e. The van der Waals surface area contributed by atoms with Crippen LogP contribution in [0.25, 0.3) is 0 Å². The fourth-order valence-corrected chi connectivity index (χ4v) is 3.89. The summed E-state index contributed by atoms with van der Waals surface area (Å²) >= 11 is 0. The summed E-state index contributed by atoms with van der Waals surface area (Å²) in [6, 6.07) is 0. The average Bonchev–Trinajstić information content (AvgIpc) is 2.24. The number of ether oxygens (including phenoxy) is 1. The number of esters is 1. The van der Waals surface area contributed by atoms with E-state index in [1.165, 1.54) is 7.11 Å². The van der Waals surface area contributed by atoms with Crippen LogP contribution < -0.4 is 5.32 Å². The predicted octanol–water partition coefficient (Wildman–Crippen LogP) is 1.02. The number of hydrogen-bond donors (Lipinski definition) is 1. The molecule has 2 unspecified atom stereocenters. The van der Waals surface area contributed by atoms with Gasteiger partial charge < -0.3 is 4.74 Å². The summed E-state index contributed by atoms with van der Waals surface area (Å²) in [4.78, 5) is 35.9. The summed E-state index contributed by atoms with van der Waals surface area (Å²) in [6.45, 7) is 5.40. The van der Waals surface area contributed by atoms with Crippen LogP contribution in [-0.4, -0.2) is 24.9 Å². The van der Waals surface area contributed by atoms with E-state index in [4.69, 9.17) is 4.74 Å². The monoisotopic (exact) mass is 253 g/mol. The molecule has 18 heavy (non-hydrogen) atoms. The van der Waals surface area contributed by atoms with Gasteiger partial charge in [-0.25, -0.2) is 0 Å². The average molecular weight is 253 g/mol. The van der Waals surface area contributed by atoms with Crippen LogP contribution in [0.1, 0.15) is 40.0 Å². The first-order valence-electron chi connectivity index (χ1n) is 6.10. The number of fused-ring (bicyclic) bond motifs is 2. The number of piperidine rings is 1. The second-order valence-corrected chi connectivity index (χ2v) is 6.49. The molecule has 0 radical (unpaired) electrons. The van der Waals surface area contributed by atoms with Crippen LogP contribution in [-0.2, 0) is 19.1 Å². The molecule has 0 spiro atoms. The SMILES string of the molecule is COC(=O)C1(C)CC2(C)CC(C)(C1)C(=O)NC2=O. The summed E-state index contributed by atoms with van der Waals surface area (Å²) in [5, 5.41) is 2.43. The summed E-state index contributed by atoms with van der Waals surface area (Å²) in [7, 11) is 1.34. The Kier molecular flexibility index (Phi) is 2.58. The molecule has 2 amide bonds. The van der Waals surface area contributed by atoms with Gasteiger partial charge >= 0.3 is 5.97 Å². The molecule has 2 bridgehead atoms. The van der Waals surface area contributed by atoms with Gasteiger partial charge in [-0.2, -0.15) is 0 Å². The topological polar surface area (TPSA) is 72.5 Å². The van der Waals surface area contributed by atoms with Crippen LogP contribution in [0.5, 0.6) is 0 Å². The van der Waals surface area contributed by atoms with E-state index < -0.39 is 16.2 Å². The van der Waals surface area contributed by atoms with E-state index >= 15 is 0 Å². The maximum absolute atomic E-state index is 12.0. The van der Waals surface area contributed by atoms with Crippen molar-refractivity contribution in [1.29, 1.82) is 0 Å². The smallest absolute Gasteiger partial charge is 0.311 e. The highest BCUT2D eigenvalue weighted by Gasteiger charge is 2.61. The summed E-state index contributed by atoms with van der Waals surface area (Å²) in [5.41, 5.74) is -2.13. The van der Waals surface area contributed by atoms with Crippen molar-refractivity contribution < 1.29 is 19.1 Å². The lowest BCUT2D eigenvalue weighted by Crippen LogP contribution is -2.62. The van der Waals surface area contributed by atoms with E-state index in [1.807, 2.05) is 13.8 Å². The number of nitrogens with one attached hydrogen (secondary N) is 1. The van der Waals surface area contributed by atoms with Gasteiger partial charge in [0, 0.05) is 10.8 Å². The third kappa shape index (κ3) is 1.64. The number of rotatable bonds is 1. The zero-order valence-electron chi connectivity index (χ0n) is 11.3. The third-order valence-corrected chi connectivity index (χ3v) is 4.34. The molecule has 2 aliphatic rings. The summed E-state index contributed by atoms with van der Waals surface area (Å²) < 4.78 is 4.84. The molecule has 0 aromatic rings. The molecule has 100 valence electrons. The van der Waals surface area contributed by atoms with Crippen molar-refractivity contribution in [3.05, 3.63) is 0 Å². The number of carbonyl (C=O) groups is 3.